The van der Waals surface area contributed by atoms with Crippen molar-refractivity contribution in [1.29, 1.82) is 0 Å². The highest BCUT2D eigenvalue weighted by molar-refractivity contribution is 8.00. The number of amides is 1. The maximum absolute atomic E-state index is 12.9. The highest BCUT2D eigenvalue weighted by Crippen LogP contribution is 2.41. The number of nitrogens with one attached hydrogen (secondary N) is 1. The van der Waals surface area contributed by atoms with Gasteiger partial charge in [0.05, 0.1) is 5.25 Å². The van der Waals surface area contributed by atoms with Crippen LogP contribution in [0, 0.1) is 0 Å². The van der Waals surface area contributed by atoms with E-state index < -0.39 is 0 Å². The van der Waals surface area contributed by atoms with Gasteiger partial charge in [-0.05, 0) is 75.4 Å². The van der Waals surface area contributed by atoms with Crippen LogP contribution in [0.25, 0.3) is 11.4 Å². The smallest absolute Gasteiger partial charge is 0.237 e. The number of nitrogens with zero attached hydrogens (tertiary/aromatic N) is 5. The molecule has 2 aromatic heterocycles. The van der Waals surface area contributed by atoms with Crippen molar-refractivity contribution in [2.24, 2.45) is 0 Å². The summed E-state index contributed by atoms with van der Waals surface area (Å²) in [6.07, 6.45) is 9.61. The van der Waals surface area contributed by atoms with Gasteiger partial charge in [0, 0.05) is 48.5 Å². The van der Waals surface area contributed by atoms with Crippen molar-refractivity contribution in [2.75, 3.05) is 23.3 Å². The minimum atomic E-state index is -0.291. The van der Waals surface area contributed by atoms with Crippen LogP contribution in [0.15, 0.2) is 53.9 Å². The number of carbonyl (C=O) groups excluding carboxylic acids is 1. The number of pyridine rings is 1. The van der Waals surface area contributed by atoms with Gasteiger partial charge in [-0.1, -0.05) is 11.8 Å². The zero-order valence-corrected chi connectivity index (χ0v) is 19.1. The van der Waals surface area contributed by atoms with Crippen LogP contribution in [0.3, 0.4) is 0 Å². The van der Waals surface area contributed by atoms with Crippen LogP contribution < -0.4 is 10.2 Å². The molecule has 1 aliphatic carbocycles. The molecule has 5 rings (SSSR count). The number of hydrogen-bond donors (Lipinski definition) is 1. The Hall–Kier alpha value is -2.87. The molecule has 1 amide bonds. The van der Waals surface area contributed by atoms with E-state index in [2.05, 4.69) is 42.1 Å². The molecule has 3 heterocycles. The lowest BCUT2D eigenvalue weighted by Gasteiger charge is -2.28. The van der Waals surface area contributed by atoms with Crippen LogP contribution in [0.2, 0.25) is 0 Å². The number of thioether (sulfide) groups is 1. The second-order valence-corrected chi connectivity index (χ2v) is 9.80. The van der Waals surface area contributed by atoms with Gasteiger partial charge < -0.3 is 10.2 Å². The minimum Gasteiger partial charge on any atom is -0.372 e. The molecule has 0 unspecified atom stereocenters. The Bertz CT molecular complexity index is 1060. The van der Waals surface area contributed by atoms with E-state index in [4.69, 9.17) is 0 Å². The van der Waals surface area contributed by atoms with E-state index >= 15 is 0 Å². The highest BCUT2D eigenvalue weighted by Gasteiger charge is 2.31. The third-order valence-corrected chi connectivity index (χ3v) is 7.06. The predicted molar refractivity (Wildman–Crippen MR) is 128 cm³/mol. The first-order chi connectivity index (χ1) is 15.7. The second kappa shape index (κ2) is 9.32. The molecule has 1 aromatic carbocycles. The zero-order valence-electron chi connectivity index (χ0n) is 18.3. The van der Waals surface area contributed by atoms with Crippen LogP contribution >= 0.6 is 11.8 Å². The second-order valence-electron chi connectivity index (χ2n) is 8.49. The summed E-state index contributed by atoms with van der Waals surface area (Å²) in [4.78, 5) is 19.5. The van der Waals surface area contributed by atoms with Crippen molar-refractivity contribution in [1.82, 2.24) is 19.7 Å². The van der Waals surface area contributed by atoms with Crippen LogP contribution in [-0.2, 0) is 4.79 Å². The summed E-state index contributed by atoms with van der Waals surface area (Å²) >= 11 is 1.46. The van der Waals surface area contributed by atoms with Gasteiger partial charge in [-0.25, -0.2) is 0 Å². The fraction of sp³-hybridized carbons (Fsp3) is 0.417. The average Bonchev–Trinajstić information content (AvgIpc) is 3.60. The average molecular weight is 449 g/mol. The van der Waals surface area contributed by atoms with Crippen LogP contribution in [0.5, 0.6) is 0 Å². The SMILES string of the molecule is C[C@H](Sc1nnc(-c2cccnc2)n1C1CC1)C(=O)Nc1ccc(N2CCCCC2)cc1. The maximum atomic E-state index is 12.9. The normalized spacial score (nSPS) is 17.2. The van der Waals surface area contributed by atoms with Crippen molar-refractivity contribution >= 4 is 29.0 Å². The van der Waals surface area contributed by atoms with Gasteiger partial charge in [0.25, 0.3) is 0 Å². The number of carbonyl (C=O) groups is 1. The Balaban J connectivity index is 1.25. The lowest BCUT2D eigenvalue weighted by Crippen LogP contribution is -2.29. The van der Waals surface area contributed by atoms with Gasteiger partial charge in [0.2, 0.25) is 5.91 Å². The Morgan fingerprint density at radius 3 is 2.56 bits per heavy atom. The fourth-order valence-corrected chi connectivity index (χ4v) is 4.99. The first kappa shape index (κ1) is 21.0. The van der Waals surface area contributed by atoms with Crippen molar-refractivity contribution in [2.45, 2.75) is 55.5 Å². The van der Waals surface area contributed by atoms with E-state index in [1.807, 2.05) is 31.2 Å². The van der Waals surface area contributed by atoms with Crippen LogP contribution in [0.1, 0.15) is 45.1 Å². The highest BCUT2D eigenvalue weighted by atomic mass is 32.2. The summed E-state index contributed by atoms with van der Waals surface area (Å²) in [5, 5.41) is 12.4. The molecule has 1 aliphatic heterocycles. The summed E-state index contributed by atoms with van der Waals surface area (Å²) in [5.74, 6) is 0.790. The number of rotatable bonds is 7. The molecule has 3 aromatic rings. The van der Waals surface area contributed by atoms with Gasteiger partial charge in [-0.15, -0.1) is 10.2 Å². The Morgan fingerprint density at radius 1 is 1.09 bits per heavy atom. The predicted octanol–water partition coefficient (Wildman–Crippen LogP) is 4.78. The molecule has 1 atom stereocenters. The van der Waals surface area contributed by atoms with Gasteiger partial charge >= 0.3 is 0 Å². The van der Waals surface area contributed by atoms with Crippen molar-refractivity contribution < 1.29 is 4.79 Å². The number of aromatic nitrogens is 4. The van der Waals surface area contributed by atoms with Crippen molar-refractivity contribution in [3.8, 4) is 11.4 Å². The first-order valence-electron chi connectivity index (χ1n) is 11.4. The van der Waals surface area contributed by atoms with Crippen LogP contribution in [-0.4, -0.2) is 44.0 Å². The Morgan fingerprint density at radius 2 is 1.88 bits per heavy atom. The molecule has 32 heavy (non-hydrogen) atoms. The molecule has 0 bridgehead atoms. The lowest BCUT2D eigenvalue weighted by molar-refractivity contribution is -0.115. The summed E-state index contributed by atoms with van der Waals surface area (Å²) in [6, 6.07) is 12.5. The maximum Gasteiger partial charge on any atom is 0.237 e. The Labute approximate surface area is 192 Å². The molecule has 166 valence electrons. The standard InChI is InChI=1S/C24H28N6OS/c1-17(23(31)26-19-7-9-20(10-8-19)29-14-3-2-4-15-29)32-24-28-27-22(30(24)21-11-12-21)18-6-5-13-25-16-18/h5-10,13,16-17,21H,2-4,11-12,14-15H2,1H3,(H,26,31)/t17-/m0/s1. The summed E-state index contributed by atoms with van der Waals surface area (Å²) in [6.45, 7) is 4.14. The molecule has 1 saturated carbocycles. The van der Waals surface area contributed by atoms with E-state index in [1.165, 1.54) is 36.7 Å². The molecule has 8 heteroatoms. The van der Waals surface area contributed by atoms with E-state index in [9.17, 15) is 4.79 Å². The number of hydrogen-bond acceptors (Lipinski definition) is 6. The Kier molecular flexibility index (Phi) is 6.12. The molecule has 1 saturated heterocycles. The van der Waals surface area contributed by atoms with E-state index in [0.29, 0.717) is 6.04 Å². The molecule has 0 spiro atoms. The van der Waals surface area contributed by atoms with E-state index in [0.717, 1.165) is 48.2 Å². The van der Waals surface area contributed by atoms with Crippen molar-refractivity contribution in [3.63, 3.8) is 0 Å². The van der Waals surface area contributed by atoms with Gasteiger partial charge in [0.1, 0.15) is 0 Å². The molecule has 1 N–H and O–H groups in total. The molecular weight excluding hydrogens is 420 g/mol. The van der Waals surface area contributed by atoms with Gasteiger partial charge in [0.15, 0.2) is 11.0 Å². The summed E-state index contributed by atoms with van der Waals surface area (Å²) < 4.78 is 2.17. The number of piperidine rings is 1. The largest absolute Gasteiger partial charge is 0.372 e. The summed E-state index contributed by atoms with van der Waals surface area (Å²) in [5.41, 5.74) is 3.00. The summed E-state index contributed by atoms with van der Waals surface area (Å²) in [7, 11) is 0. The zero-order chi connectivity index (χ0) is 21.9. The fourth-order valence-electron chi connectivity index (χ4n) is 4.07. The van der Waals surface area contributed by atoms with Crippen LogP contribution in [0.4, 0.5) is 11.4 Å². The van der Waals surface area contributed by atoms with E-state index in [-0.39, 0.29) is 11.2 Å². The lowest BCUT2D eigenvalue weighted by atomic mass is 10.1. The molecular formula is C24H28N6OS. The molecule has 2 aliphatic rings. The van der Waals surface area contributed by atoms with E-state index in [1.54, 1.807) is 12.4 Å². The molecule has 0 radical (unpaired) electrons. The van der Waals surface area contributed by atoms with Gasteiger partial charge in [-0.2, -0.15) is 0 Å². The van der Waals surface area contributed by atoms with Crippen molar-refractivity contribution in [3.05, 3.63) is 48.8 Å². The molecule has 2 fully saturated rings. The third-order valence-electron chi connectivity index (χ3n) is 6.00. The number of benzene rings is 1. The monoisotopic (exact) mass is 448 g/mol. The third kappa shape index (κ3) is 4.65. The topological polar surface area (TPSA) is 75.9 Å². The number of anilines is 2. The van der Waals surface area contributed by atoms with Gasteiger partial charge in [-0.3, -0.25) is 14.3 Å². The molecule has 7 nitrogen and oxygen atoms in total. The minimum absolute atomic E-state index is 0.0333. The first-order valence-corrected chi connectivity index (χ1v) is 12.2. The quantitative estimate of drug-likeness (QED) is 0.524.